The SMILES string of the molecule is Brc1ccsc1CNC(Cc1cccs1)c1cccs1. The Kier molecular flexibility index (Phi) is 5.07. The molecule has 0 fully saturated rings. The highest BCUT2D eigenvalue weighted by molar-refractivity contribution is 9.10. The molecule has 0 saturated carbocycles. The lowest BCUT2D eigenvalue weighted by Crippen LogP contribution is -2.21. The first-order valence-electron chi connectivity index (χ1n) is 6.34. The van der Waals surface area contributed by atoms with Crippen molar-refractivity contribution in [2.75, 3.05) is 0 Å². The Morgan fingerprint density at radius 1 is 1.00 bits per heavy atom. The summed E-state index contributed by atoms with van der Waals surface area (Å²) in [6.45, 7) is 0.909. The number of rotatable bonds is 6. The van der Waals surface area contributed by atoms with E-state index in [9.17, 15) is 0 Å². The highest BCUT2D eigenvalue weighted by atomic mass is 79.9. The van der Waals surface area contributed by atoms with Crippen LogP contribution in [0.25, 0.3) is 0 Å². The van der Waals surface area contributed by atoms with E-state index in [1.165, 1.54) is 19.1 Å². The van der Waals surface area contributed by atoms with Crippen LogP contribution in [0.2, 0.25) is 0 Å². The molecule has 0 aliphatic rings. The van der Waals surface area contributed by atoms with Crippen molar-refractivity contribution in [1.29, 1.82) is 0 Å². The van der Waals surface area contributed by atoms with Crippen molar-refractivity contribution < 1.29 is 0 Å². The minimum Gasteiger partial charge on any atom is -0.304 e. The van der Waals surface area contributed by atoms with Crippen LogP contribution in [0.3, 0.4) is 0 Å². The molecular formula is C15H14BrNS3. The highest BCUT2D eigenvalue weighted by Crippen LogP contribution is 2.27. The van der Waals surface area contributed by atoms with Crippen LogP contribution >= 0.6 is 49.9 Å². The number of thiophene rings is 3. The van der Waals surface area contributed by atoms with Crippen molar-refractivity contribution in [2.45, 2.75) is 19.0 Å². The number of nitrogens with one attached hydrogen (secondary N) is 1. The van der Waals surface area contributed by atoms with E-state index >= 15 is 0 Å². The predicted octanol–water partition coefficient (Wildman–Crippen LogP) is 5.71. The van der Waals surface area contributed by atoms with Gasteiger partial charge in [0.1, 0.15) is 0 Å². The van der Waals surface area contributed by atoms with Crippen LogP contribution < -0.4 is 5.32 Å². The van der Waals surface area contributed by atoms with Crippen LogP contribution in [-0.2, 0) is 13.0 Å². The fourth-order valence-corrected chi connectivity index (χ4v) is 5.06. The first kappa shape index (κ1) is 14.5. The van der Waals surface area contributed by atoms with Crippen molar-refractivity contribution in [2.24, 2.45) is 0 Å². The third-order valence-corrected chi connectivity index (χ3v) is 6.88. The average Bonchev–Trinajstić information content (AvgIpc) is 3.18. The van der Waals surface area contributed by atoms with E-state index in [1.54, 1.807) is 11.3 Å². The van der Waals surface area contributed by atoms with E-state index in [0.29, 0.717) is 6.04 Å². The molecule has 0 saturated heterocycles. The Morgan fingerprint density at radius 3 is 2.50 bits per heavy atom. The van der Waals surface area contributed by atoms with Crippen LogP contribution in [-0.4, -0.2) is 0 Å². The molecule has 3 heterocycles. The minimum absolute atomic E-state index is 0.391. The molecule has 20 heavy (non-hydrogen) atoms. The lowest BCUT2D eigenvalue weighted by Gasteiger charge is -2.16. The molecule has 0 aliphatic heterocycles. The maximum absolute atomic E-state index is 3.70. The fourth-order valence-electron chi connectivity index (χ4n) is 2.06. The highest BCUT2D eigenvalue weighted by Gasteiger charge is 2.14. The van der Waals surface area contributed by atoms with Crippen molar-refractivity contribution in [3.8, 4) is 0 Å². The van der Waals surface area contributed by atoms with Gasteiger partial charge in [0.15, 0.2) is 0 Å². The Hall–Kier alpha value is -0.460. The van der Waals surface area contributed by atoms with Gasteiger partial charge in [-0.05, 0) is 50.3 Å². The third kappa shape index (κ3) is 3.59. The molecule has 0 radical (unpaired) electrons. The van der Waals surface area contributed by atoms with Crippen LogP contribution in [0.1, 0.15) is 20.7 Å². The first-order valence-corrected chi connectivity index (χ1v) is 9.77. The Morgan fingerprint density at radius 2 is 1.85 bits per heavy atom. The zero-order chi connectivity index (χ0) is 13.8. The van der Waals surface area contributed by atoms with Crippen LogP contribution in [0.15, 0.2) is 50.9 Å². The number of hydrogen-bond acceptors (Lipinski definition) is 4. The Labute approximate surface area is 139 Å². The van der Waals surface area contributed by atoms with E-state index in [2.05, 4.69) is 67.7 Å². The Bertz CT molecular complexity index is 628. The van der Waals surface area contributed by atoms with E-state index in [1.807, 2.05) is 22.7 Å². The van der Waals surface area contributed by atoms with Gasteiger partial charge in [-0.25, -0.2) is 0 Å². The molecule has 1 unspecified atom stereocenters. The summed E-state index contributed by atoms with van der Waals surface area (Å²) in [6, 6.07) is 11.2. The largest absolute Gasteiger partial charge is 0.304 e. The van der Waals surface area contributed by atoms with Gasteiger partial charge in [-0.15, -0.1) is 34.0 Å². The van der Waals surface area contributed by atoms with Crippen LogP contribution in [0, 0.1) is 0 Å². The van der Waals surface area contributed by atoms with Gasteiger partial charge in [-0.2, -0.15) is 0 Å². The Balaban J connectivity index is 1.71. The molecule has 3 aromatic rings. The van der Waals surface area contributed by atoms with Crippen LogP contribution in [0.4, 0.5) is 0 Å². The van der Waals surface area contributed by atoms with Crippen molar-refractivity contribution in [1.82, 2.24) is 5.32 Å². The quantitative estimate of drug-likeness (QED) is 0.574. The normalized spacial score (nSPS) is 12.7. The second-order valence-electron chi connectivity index (χ2n) is 4.42. The first-order chi connectivity index (χ1) is 9.83. The van der Waals surface area contributed by atoms with E-state index in [-0.39, 0.29) is 0 Å². The average molecular weight is 384 g/mol. The summed E-state index contributed by atoms with van der Waals surface area (Å²) in [7, 11) is 0. The maximum atomic E-state index is 3.70. The smallest absolute Gasteiger partial charge is 0.0466 e. The molecule has 104 valence electrons. The molecule has 0 bridgehead atoms. The van der Waals surface area contributed by atoms with Crippen molar-refractivity contribution >= 4 is 49.9 Å². The van der Waals surface area contributed by atoms with Crippen molar-refractivity contribution in [3.63, 3.8) is 0 Å². The van der Waals surface area contributed by atoms with Gasteiger partial charge >= 0.3 is 0 Å². The van der Waals surface area contributed by atoms with Gasteiger partial charge in [0.25, 0.3) is 0 Å². The van der Waals surface area contributed by atoms with Gasteiger partial charge < -0.3 is 5.32 Å². The number of hydrogen-bond donors (Lipinski definition) is 1. The predicted molar refractivity (Wildman–Crippen MR) is 93.9 cm³/mol. The topological polar surface area (TPSA) is 12.0 Å². The second-order valence-corrected chi connectivity index (χ2v) is 8.29. The van der Waals surface area contributed by atoms with Gasteiger partial charge in [0.05, 0.1) is 0 Å². The molecule has 0 aliphatic carbocycles. The summed E-state index contributed by atoms with van der Waals surface area (Å²) in [6.07, 6.45) is 1.06. The molecule has 1 atom stereocenters. The summed E-state index contributed by atoms with van der Waals surface area (Å²) in [5, 5.41) is 10.1. The second kappa shape index (κ2) is 7.00. The molecule has 0 spiro atoms. The zero-order valence-corrected chi connectivity index (χ0v) is 14.7. The van der Waals surface area contributed by atoms with Gasteiger partial charge in [0.2, 0.25) is 0 Å². The molecule has 1 nitrogen and oxygen atoms in total. The molecular weight excluding hydrogens is 370 g/mol. The molecule has 5 heteroatoms. The maximum Gasteiger partial charge on any atom is 0.0466 e. The zero-order valence-electron chi connectivity index (χ0n) is 10.7. The summed E-state index contributed by atoms with van der Waals surface area (Å²) in [5.41, 5.74) is 0. The summed E-state index contributed by atoms with van der Waals surface area (Å²) < 4.78 is 1.20. The molecule has 0 aromatic carbocycles. The molecule has 0 amide bonds. The van der Waals surface area contributed by atoms with E-state index in [4.69, 9.17) is 0 Å². The minimum atomic E-state index is 0.391. The lowest BCUT2D eigenvalue weighted by molar-refractivity contribution is 0.544. The fraction of sp³-hybridized carbons (Fsp3) is 0.200. The van der Waals surface area contributed by atoms with Crippen molar-refractivity contribution in [3.05, 3.63) is 65.6 Å². The van der Waals surface area contributed by atoms with Gasteiger partial charge in [-0.1, -0.05) is 12.1 Å². The van der Waals surface area contributed by atoms with Crippen LogP contribution in [0.5, 0.6) is 0 Å². The standard InChI is InChI=1S/C15H14BrNS3/c16-12-5-8-20-15(12)10-17-13(14-4-2-7-19-14)9-11-3-1-6-18-11/h1-8,13,17H,9-10H2. The summed E-state index contributed by atoms with van der Waals surface area (Å²) in [4.78, 5) is 4.20. The van der Waals surface area contributed by atoms with E-state index < -0.39 is 0 Å². The molecule has 3 rings (SSSR count). The lowest BCUT2D eigenvalue weighted by atomic mass is 10.1. The van der Waals surface area contributed by atoms with Gasteiger partial charge in [-0.3, -0.25) is 0 Å². The van der Waals surface area contributed by atoms with E-state index in [0.717, 1.165) is 13.0 Å². The third-order valence-electron chi connectivity index (χ3n) is 3.07. The monoisotopic (exact) mass is 383 g/mol. The van der Waals surface area contributed by atoms with Gasteiger partial charge in [0, 0.05) is 38.1 Å². The summed E-state index contributed by atoms with van der Waals surface area (Å²) in [5.74, 6) is 0. The molecule has 1 N–H and O–H groups in total. The molecule has 3 aromatic heterocycles. The number of halogens is 1. The summed E-state index contributed by atoms with van der Waals surface area (Å²) >= 11 is 9.06.